The average Bonchev–Trinajstić information content (AvgIpc) is 3.27. The van der Waals surface area contributed by atoms with Crippen LogP contribution in [0.4, 0.5) is 0 Å². The summed E-state index contributed by atoms with van der Waals surface area (Å²) < 4.78 is 11.1. The van der Waals surface area contributed by atoms with Crippen molar-refractivity contribution in [2.75, 3.05) is 0 Å². The highest BCUT2D eigenvalue weighted by Crippen LogP contribution is 2.40. The number of hydrogen-bond acceptors (Lipinski definition) is 4. The molecule has 0 saturated carbocycles. The summed E-state index contributed by atoms with van der Waals surface area (Å²) in [5.41, 5.74) is 8.20. The SMILES string of the molecule is O=C(/C=C/c1ccccc1)Oc1ccc(/C=C\c2ccc3ccccc3c2-c2c(/C=C\c3ccc(OC(=O)/C=C/c4ccccc4)cc3)ccc3ccccc23)cc1. The third kappa shape index (κ3) is 9.16. The minimum absolute atomic E-state index is 0.432. The van der Waals surface area contributed by atoms with Gasteiger partial charge in [0.1, 0.15) is 11.5 Å². The van der Waals surface area contributed by atoms with Gasteiger partial charge < -0.3 is 9.47 Å². The van der Waals surface area contributed by atoms with Crippen LogP contribution in [0.3, 0.4) is 0 Å². The molecule has 0 aromatic heterocycles. The van der Waals surface area contributed by atoms with Crippen LogP contribution in [0.25, 0.3) is 69.1 Å². The normalized spacial score (nSPS) is 11.7. The molecule has 8 aromatic rings. The molecule has 0 atom stereocenters. The van der Waals surface area contributed by atoms with Gasteiger partial charge in [0, 0.05) is 12.2 Å². The topological polar surface area (TPSA) is 52.6 Å². The van der Waals surface area contributed by atoms with Gasteiger partial charge in [-0.25, -0.2) is 9.59 Å². The van der Waals surface area contributed by atoms with Gasteiger partial charge in [-0.15, -0.1) is 0 Å². The number of esters is 2. The molecular weight excluding hydrogens is 713 g/mol. The van der Waals surface area contributed by atoms with E-state index in [0.29, 0.717) is 11.5 Å². The first kappa shape index (κ1) is 37.1. The van der Waals surface area contributed by atoms with Crippen molar-refractivity contribution in [2.24, 2.45) is 0 Å². The highest BCUT2D eigenvalue weighted by molar-refractivity contribution is 6.11. The lowest BCUT2D eigenvalue weighted by Crippen LogP contribution is -2.03. The highest BCUT2D eigenvalue weighted by atomic mass is 16.5. The van der Waals surface area contributed by atoms with Gasteiger partial charge in [0.25, 0.3) is 0 Å². The summed E-state index contributed by atoms with van der Waals surface area (Å²) in [6.45, 7) is 0. The van der Waals surface area contributed by atoms with Crippen molar-refractivity contribution in [3.8, 4) is 22.6 Å². The van der Waals surface area contributed by atoms with Gasteiger partial charge in [-0.2, -0.15) is 0 Å². The van der Waals surface area contributed by atoms with Crippen LogP contribution in [0.15, 0.2) is 194 Å². The third-order valence-corrected chi connectivity index (χ3v) is 9.70. The lowest BCUT2D eigenvalue weighted by molar-refractivity contribution is -0.129. The van der Waals surface area contributed by atoms with E-state index in [-0.39, 0.29) is 0 Å². The van der Waals surface area contributed by atoms with Crippen LogP contribution >= 0.6 is 0 Å². The Morgan fingerprint density at radius 2 is 0.690 bits per heavy atom. The Morgan fingerprint density at radius 3 is 1.10 bits per heavy atom. The summed E-state index contributed by atoms with van der Waals surface area (Å²) in [4.78, 5) is 24.9. The van der Waals surface area contributed by atoms with E-state index in [9.17, 15) is 9.59 Å². The van der Waals surface area contributed by atoms with Crippen LogP contribution in [0.5, 0.6) is 11.5 Å². The van der Waals surface area contributed by atoms with Gasteiger partial charge in [0.2, 0.25) is 0 Å². The monoisotopic (exact) mass is 750 g/mol. The lowest BCUT2D eigenvalue weighted by Gasteiger charge is -2.17. The zero-order valence-corrected chi connectivity index (χ0v) is 31.6. The number of rotatable bonds is 11. The standard InChI is InChI=1S/C54H38O4/c55-51(37-25-39-11-3-1-4-12-39)57-47-33-21-41(22-34-47)19-27-45-31-29-43-15-7-9-17-49(43)53(45)54-46(32-30-44-16-8-10-18-50(44)54)28-20-42-23-35-48(36-24-42)58-52(56)38-26-40-13-5-2-6-14-40/h1-38H/b27-19-,28-20-,37-25+,38-26+. The molecule has 4 heteroatoms. The molecule has 0 aliphatic carbocycles. The van der Waals surface area contributed by atoms with Crippen molar-refractivity contribution in [1.29, 1.82) is 0 Å². The van der Waals surface area contributed by atoms with Crippen molar-refractivity contribution in [3.05, 3.63) is 228 Å². The van der Waals surface area contributed by atoms with Gasteiger partial charge in [-0.3, -0.25) is 0 Å². The van der Waals surface area contributed by atoms with E-state index >= 15 is 0 Å². The van der Waals surface area contributed by atoms with E-state index < -0.39 is 11.9 Å². The Hall–Kier alpha value is -7.82. The molecule has 0 N–H and O–H groups in total. The van der Waals surface area contributed by atoms with Crippen molar-refractivity contribution < 1.29 is 19.1 Å². The minimum Gasteiger partial charge on any atom is -0.423 e. The zero-order chi connectivity index (χ0) is 39.5. The van der Waals surface area contributed by atoms with Crippen LogP contribution < -0.4 is 9.47 Å². The fourth-order valence-corrected chi connectivity index (χ4v) is 6.84. The van der Waals surface area contributed by atoms with Crippen molar-refractivity contribution in [2.45, 2.75) is 0 Å². The van der Waals surface area contributed by atoms with E-state index in [1.165, 1.54) is 12.2 Å². The van der Waals surface area contributed by atoms with Crippen molar-refractivity contribution in [3.63, 3.8) is 0 Å². The first-order valence-electron chi connectivity index (χ1n) is 19.1. The predicted octanol–water partition coefficient (Wildman–Crippen LogP) is 13.2. The number of hydrogen-bond donors (Lipinski definition) is 0. The maximum absolute atomic E-state index is 12.5. The van der Waals surface area contributed by atoms with E-state index in [0.717, 1.165) is 66.1 Å². The van der Waals surface area contributed by atoms with Gasteiger partial charge in [-0.05, 0) is 102 Å². The summed E-state index contributed by atoms with van der Waals surface area (Å²) in [5.74, 6) is 0.0895. The predicted molar refractivity (Wildman–Crippen MR) is 240 cm³/mol. The molecule has 0 aliphatic rings. The van der Waals surface area contributed by atoms with Crippen LogP contribution in [0.2, 0.25) is 0 Å². The second-order valence-corrected chi connectivity index (χ2v) is 13.6. The summed E-state index contributed by atoms with van der Waals surface area (Å²) in [6.07, 6.45) is 14.8. The zero-order valence-electron chi connectivity index (χ0n) is 31.6. The van der Waals surface area contributed by atoms with E-state index in [1.54, 1.807) is 12.2 Å². The van der Waals surface area contributed by atoms with Gasteiger partial charge >= 0.3 is 11.9 Å². The average molecular weight is 751 g/mol. The summed E-state index contributed by atoms with van der Waals surface area (Å²) in [5, 5.41) is 4.59. The molecule has 0 fully saturated rings. The Kier molecular flexibility index (Phi) is 11.4. The van der Waals surface area contributed by atoms with Crippen molar-refractivity contribution in [1.82, 2.24) is 0 Å². The Morgan fingerprint density at radius 1 is 0.328 bits per heavy atom. The largest absolute Gasteiger partial charge is 0.423 e. The molecule has 0 amide bonds. The first-order chi connectivity index (χ1) is 28.6. The Labute approximate surface area is 338 Å². The summed E-state index contributed by atoms with van der Waals surface area (Å²) in [7, 11) is 0. The molecular formula is C54H38O4. The quantitative estimate of drug-likeness (QED) is 0.0572. The third-order valence-electron chi connectivity index (χ3n) is 9.70. The van der Waals surface area contributed by atoms with Crippen LogP contribution in [-0.4, -0.2) is 11.9 Å². The second-order valence-electron chi connectivity index (χ2n) is 13.6. The molecule has 8 aromatic carbocycles. The fraction of sp³-hybridized carbons (Fsp3) is 0. The lowest BCUT2D eigenvalue weighted by atomic mass is 9.86. The number of carbonyl (C=O) groups is 2. The number of ether oxygens (including phenoxy) is 2. The first-order valence-corrected chi connectivity index (χ1v) is 19.1. The number of fused-ring (bicyclic) bond motifs is 2. The van der Waals surface area contributed by atoms with E-state index in [2.05, 4.69) is 97.1 Å². The van der Waals surface area contributed by atoms with Crippen LogP contribution in [-0.2, 0) is 9.59 Å². The molecule has 4 nitrogen and oxygen atoms in total. The fourth-order valence-electron chi connectivity index (χ4n) is 6.84. The second kappa shape index (κ2) is 17.8. The molecule has 58 heavy (non-hydrogen) atoms. The molecule has 0 spiro atoms. The van der Waals surface area contributed by atoms with E-state index in [1.807, 2.05) is 109 Å². The maximum atomic E-state index is 12.5. The molecule has 278 valence electrons. The summed E-state index contributed by atoms with van der Waals surface area (Å²) in [6, 6.07) is 59.9. The van der Waals surface area contributed by atoms with Crippen LogP contribution in [0, 0.1) is 0 Å². The Balaban J connectivity index is 1.07. The molecule has 0 bridgehead atoms. The molecule has 8 rings (SSSR count). The van der Waals surface area contributed by atoms with Gasteiger partial charge in [0.15, 0.2) is 0 Å². The number of carbonyl (C=O) groups excluding carboxylic acids is 2. The van der Waals surface area contributed by atoms with Gasteiger partial charge in [-0.1, -0.05) is 182 Å². The Bertz CT molecular complexity index is 2630. The van der Waals surface area contributed by atoms with Crippen LogP contribution in [0.1, 0.15) is 33.4 Å². The smallest absolute Gasteiger partial charge is 0.336 e. The van der Waals surface area contributed by atoms with Gasteiger partial charge in [0.05, 0.1) is 0 Å². The number of benzene rings is 8. The molecule has 0 unspecified atom stereocenters. The van der Waals surface area contributed by atoms with E-state index in [4.69, 9.17) is 9.47 Å². The molecule has 0 heterocycles. The molecule has 0 radical (unpaired) electrons. The molecule has 0 saturated heterocycles. The van der Waals surface area contributed by atoms with Crippen molar-refractivity contribution >= 4 is 69.9 Å². The minimum atomic E-state index is -0.432. The highest BCUT2D eigenvalue weighted by Gasteiger charge is 2.15. The summed E-state index contributed by atoms with van der Waals surface area (Å²) >= 11 is 0. The maximum Gasteiger partial charge on any atom is 0.336 e. The molecule has 0 aliphatic heterocycles.